The number of hydrogen-bond donors (Lipinski definition) is 2. The number of sulfonamides is 1. The predicted molar refractivity (Wildman–Crippen MR) is 96.3 cm³/mol. The van der Waals surface area contributed by atoms with Crippen molar-refractivity contribution >= 4 is 27.4 Å². The summed E-state index contributed by atoms with van der Waals surface area (Å²) in [5, 5.41) is 2.74. The Hall–Kier alpha value is -2.67. The minimum Gasteiger partial charge on any atom is -0.350 e. The standard InChI is InChI=1S/C18H20N2O4S/c1-12(2)19-18(22)15-6-10-17(11-7-15)25(23,24)20-16-8-4-14(5-9-16)13(3)21/h4-12,20H,1-3H3,(H,19,22). The highest BCUT2D eigenvalue weighted by Crippen LogP contribution is 2.17. The summed E-state index contributed by atoms with van der Waals surface area (Å²) in [4.78, 5) is 23.2. The van der Waals surface area contributed by atoms with Crippen molar-refractivity contribution in [2.75, 3.05) is 4.72 Å². The molecule has 0 radical (unpaired) electrons. The van der Waals surface area contributed by atoms with Crippen LogP contribution in [-0.2, 0) is 10.0 Å². The number of amides is 1. The molecule has 0 saturated heterocycles. The van der Waals surface area contributed by atoms with E-state index in [-0.39, 0.29) is 22.6 Å². The maximum absolute atomic E-state index is 12.4. The van der Waals surface area contributed by atoms with E-state index in [0.717, 1.165) is 0 Å². The largest absolute Gasteiger partial charge is 0.350 e. The number of Topliss-reactive ketones (excluding diaryl/α,β-unsaturated/α-hetero) is 1. The van der Waals surface area contributed by atoms with Gasteiger partial charge in [-0.1, -0.05) is 0 Å². The molecule has 2 rings (SSSR count). The lowest BCUT2D eigenvalue weighted by Gasteiger charge is -2.10. The summed E-state index contributed by atoms with van der Waals surface area (Å²) in [6, 6.07) is 11.8. The van der Waals surface area contributed by atoms with Crippen molar-refractivity contribution < 1.29 is 18.0 Å². The van der Waals surface area contributed by atoms with Gasteiger partial charge >= 0.3 is 0 Å². The van der Waals surface area contributed by atoms with Gasteiger partial charge in [0.25, 0.3) is 15.9 Å². The van der Waals surface area contributed by atoms with Crippen LogP contribution in [0.2, 0.25) is 0 Å². The van der Waals surface area contributed by atoms with E-state index in [1.165, 1.54) is 43.3 Å². The van der Waals surface area contributed by atoms with Crippen LogP contribution in [0.4, 0.5) is 5.69 Å². The second kappa shape index (κ2) is 7.48. The van der Waals surface area contributed by atoms with Gasteiger partial charge < -0.3 is 5.32 Å². The normalized spacial score (nSPS) is 11.2. The minimum atomic E-state index is -3.78. The first-order valence-electron chi connectivity index (χ1n) is 7.74. The minimum absolute atomic E-state index is 0.00412. The number of carbonyl (C=O) groups is 2. The average molecular weight is 360 g/mol. The van der Waals surface area contributed by atoms with Gasteiger partial charge in [0.1, 0.15) is 0 Å². The van der Waals surface area contributed by atoms with Gasteiger partial charge in [0.05, 0.1) is 4.90 Å². The molecular formula is C18H20N2O4S. The molecular weight excluding hydrogens is 340 g/mol. The molecule has 132 valence electrons. The summed E-state index contributed by atoms with van der Waals surface area (Å²) in [6.45, 7) is 5.13. The lowest BCUT2D eigenvalue weighted by molar-refractivity contribution is 0.0942. The molecule has 0 heterocycles. The van der Waals surface area contributed by atoms with E-state index in [1.54, 1.807) is 12.1 Å². The second-order valence-corrected chi connectivity index (χ2v) is 7.57. The maximum Gasteiger partial charge on any atom is 0.261 e. The SMILES string of the molecule is CC(=O)c1ccc(NS(=O)(=O)c2ccc(C(=O)NC(C)C)cc2)cc1. The van der Waals surface area contributed by atoms with Crippen LogP contribution in [-0.4, -0.2) is 26.2 Å². The molecule has 0 bridgehead atoms. The first-order valence-corrected chi connectivity index (χ1v) is 9.22. The number of hydrogen-bond acceptors (Lipinski definition) is 4. The van der Waals surface area contributed by atoms with Crippen LogP contribution in [0, 0.1) is 0 Å². The fraction of sp³-hybridized carbons (Fsp3) is 0.222. The number of ketones is 1. The van der Waals surface area contributed by atoms with Crippen molar-refractivity contribution in [3.05, 3.63) is 59.7 Å². The molecule has 7 heteroatoms. The van der Waals surface area contributed by atoms with E-state index in [0.29, 0.717) is 16.8 Å². The molecule has 0 aliphatic carbocycles. The van der Waals surface area contributed by atoms with E-state index < -0.39 is 10.0 Å². The highest BCUT2D eigenvalue weighted by Gasteiger charge is 2.15. The Morgan fingerprint density at radius 1 is 0.880 bits per heavy atom. The van der Waals surface area contributed by atoms with Gasteiger partial charge in [0, 0.05) is 22.9 Å². The molecule has 0 saturated carbocycles. The third-order valence-corrected chi connectivity index (χ3v) is 4.79. The van der Waals surface area contributed by atoms with Crippen LogP contribution in [0.1, 0.15) is 41.5 Å². The zero-order valence-electron chi connectivity index (χ0n) is 14.2. The molecule has 0 aliphatic rings. The highest BCUT2D eigenvalue weighted by atomic mass is 32.2. The summed E-state index contributed by atoms with van der Waals surface area (Å²) in [7, 11) is -3.78. The fourth-order valence-corrected chi connectivity index (χ4v) is 3.18. The smallest absolute Gasteiger partial charge is 0.261 e. The number of carbonyl (C=O) groups excluding carboxylic acids is 2. The Labute approximate surface area is 147 Å². The maximum atomic E-state index is 12.4. The Morgan fingerprint density at radius 3 is 1.88 bits per heavy atom. The third-order valence-electron chi connectivity index (χ3n) is 3.39. The number of rotatable bonds is 6. The molecule has 0 aromatic heterocycles. The van der Waals surface area contributed by atoms with Gasteiger partial charge in [-0.2, -0.15) is 0 Å². The van der Waals surface area contributed by atoms with Crippen molar-refractivity contribution in [2.24, 2.45) is 0 Å². The Bertz CT molecular complexity index is 870. The first-order chi connectivity index (χ1) is 11.7. The lowest BCUT2D eigenvalue weighted by Crippen LogP contribution is -2.30. The summed E-state index contributed by atoms with van der Waals surface area (Å²) in [5.74, 6) is -0.351. The van der Waals surface area contributed by atoms with Crippen molar-refractivity contribution in [1.29, 1.82) is 0 Å². The first kappa shape index (κ1) is 18.7. The molecule has 6 nitrogen and oxygen atoms in total. The van der Waals surface area contributed by atoms with Gasteiger partial charge in [-0.25, -0.2) is 8.42 Å². The lowest BCUT2D eigenvalue weighted by atomic mass is 10.1. The zero-order valence-corrected chi connectivity index (χ0v) is 15.1. The number of benzene rings is 2. The van der Waals surface area contributed by atoms with E-state index >= 15 is 0 Å². The number of anilines is 1. The van der Waals surface area contributed by atoms with E-state index in [2.05, 4.69) is 10.0 Å². The highest BCUT2D eigenvalue weighted by molar-refractivity contribution is 7.92. The zero-order chi connectivity index (χ0) is 18.6. The molecule has 1 amide bonds. The topological polar surface area (TPSA) is 92.3 Å². The van der Waals surface area contributed by atoms with Crippen molar-refractivity contribution in [2.45, 2.75) is 31.7 Å². The van der Waals surface area contributed by atoms with Gasteiger partial charge in [0.2, 0.25) is 0 Å². The average Bonchev–Trinajstić information content (AvgIpc) is 2.54. The van der Waals surface area contributed by atoms with Crippen molar-refractivity contribution in [1.82, 2.24) is 5.32 Å². The quantitative estimate of drug-likeness (QED) is 0.775. The number of nitrogens with one attached hydrogen (secondary N) is 2. The predicted octanol–water partition coefficient (Wildman–Crippen LogP) is 2.83. The van der Waals surface area contributed by atoms with Gasteiger partial charge in [-0.15, -0.1) is 0 Å². The molecule has 0 spiro atoms. The molecule has 2 aromatic carbocycles. The monoisotopic (exact) mass is 360 g/mol. The molecule has 0 fully saturated rings. The summed E-state index contributed by atoms with van der Waals surface area (Å²) in [6.07, 6.45) is 0. The van der Waals surface area contributed by atoms with Crippen molar-refractivity contribution in [3.63, 3.8) is 0 Å². The fourth-order valence-electron chi connectivity index (χ4n) is 2.12. The second-order valence-electron chi connectivity index (χ2n) is 5.89. The molecule has 0 atom stereocenters. The van der Waals surface area contributed by atoms with Gasteiger partial charge in [-0.3, -0.25) is 14.3 Å². The molecule has 0 unspecified atom stereocenters. The van der Waals surface area contributed by atoms with Crippen molar-refractivity contribution in [3.8, 4) is 0 Å². The summed E-state index contributed by atoms with van der Waals surface area (Å²) >= 11 is 0. The van der Waals surface area contributed by atoms with Gasteiger partial charge in [0.15, 0.2) is 5.78 Å². The summed E-state index contributed by atoms with van der Waals surface area (Å²) in [5.41, 5.74) is 1.24. The van der Waals surface area contributed by atoms with Gasteiger partial charge in [-0.05, 0) is 69.3 Å². The van der Waals surface area contributed by atoms with Crippen LogP contribution >= 0.6 is 0 Å². The van der Waals surface area contributed by atoms with E-state index in [4.69, 9.17) is 0 Å². The Morgan fingerprint density at radius 2 is 1.40 bits per heavy atom. The molecule has 25 heavy (non-hydrogen) atoms. The van der Waals surface area contributed by atoms with Crippen LogP contribution in [0.3, 0.4) is 0 Å². The molecule has 2 N–H and O–H groups in total. The molecule has 0 aliphatic heterocycles. The molecule has 2 aromatic rings. The van der Waals surface area contributed by atoms with Crippen LogP contribution in [0.15, 0.2) is 53.4 Å². The summed E-state index contributed by atoms with van der Waals surface area (Å²) < 4.78 is 27.2. The van der Waals surface area contributed by atoms with Crippen LogP contribution < -0.4 is 10.0 Å². The third kappa shape index (κ3) is 4.90. The Balaban J connectivity index is 2.16. The van der Waals surface area contributed by atoms with Crippen LogP contribution in [0.5, 0.6) is 0 Å². The van der Waals surface area contributed by atoms with E-state index in [9.17, 15) is 18.0 Å². The van der Waals surface area contributed by atoms with Crippen LogP contribution in [0.25, 0.3) is 0 Å². The van der Waals surface area contributed by atoms with E-state index in [1.807, 2.05) is 13.8 Å². The Kier molecular flexibility index (Phi) is 5.58.